The van der Waals surface area contributed by atoms with Gasteiger partial charge in [0.05, 0.1) is 4.91 Å². The lowest BCUT2D eigenvalue weighted by atomic mass is 10.2. The van der Waals surface area contributed by atoms with Gasteiger partial charge in [0.2, 0.25) is 0 Å². The molecular formula is C14H15N2OS2-. The van der Waals surface area contributed by atoms with Gasteiger partial charge in [0.1, 0.15) is 0 Å². The summed E-state index contributed by atoms with van der Waals surface area (Å²) in [5, 5.41) is 0. The molecule has 3 nitrogen and oxygen atoms in total. The Kier molecular flexibility index (Phi) is 4.61. The van der Waals surface area contributed by atoms with Gasteiger partial charge in [-0.05, 0) is 42.0 Å². The normalized spacial score (nSPS) is 16.8. The number of amides is 1. The summed E-state index contributed by atoms with van der Waals surface area (Å²) < 4.78 is 0.399. The first kappa shape index (κ1) is 14.1. The Labute approximate surface area is 123 Å². The molecule has 1 heterocycles. The number of rotatable bonds is 4. The van der Waals surface area contributed by atoms with Crippen LogP contribution in [0, 0.1) is 0 Å². The van der Waals surface area contributed by atoms with Crippen LogP contribution in [0.2, 0.25) is 0 Å². The molecule has 19 heavy (non-hydrogen) atoms. The smallest absolute Gasteiger partial charge is 0.282 e. The largest absolute Gasteiger partial charge is 0.753 e. The molecule has 0 fully saturated rings. The van der Waals surface area contributed by atoms with E-state index >= 15 is 0 Å². The highest BCUT2D eigenvalue weighted by molar-refractivity contribution is 8.30. The fourth-order valence-electron chi connectivity index (χ4n) is 1.91. The maximum atomic E-state index is 11.5. The predicted octanol–water partition coefficient (Wildman–Crippen LogP) is 3.05. The number of anilines is 1. The average molecular weight is 291 g/mol. The van der Waals surface area contributed by atoms with Crippen LogP contribution >= 0.6 is 11.8 Å². The van der Waals surface area contributed by atoms with Crippen molar-refractivity contribution in [1.82, 2.24) is 0 Å². The van der Waals surface area contributed by atoms with Crippen LogP contribution in [0.5, 0.6) is 0 Å². The summed E-state index contributed by atoms with van der Waals surface area (Å²) in [4.78, 5) is 18.1. The van der Waals surface area contributed by atoms with Crippen molar-refractivity contribution in [2.45, 2.75) is 13.8 Å². The van der Waals surface area contributed by atoms with Crippen LogP contribution in [-0.2, 0) is 17.4 Å². The van der Waals surface area contributed by atoms with Gasteiger partial charge in [0, 0.05) is 18.8 Å². The van der Waals surface area contributed by atoms with Gasteiger partial charge >= 0.3 is 0 Å². The fourth-order valence-corrected chi connectivity index (χ4v) is 2.91. The van der Waals surface area contributed by atoms with Crippen LogP contribution < -0.4 is 4.90 Å². The van der Waals surface area contributed by atoms with Crippen molar-refractivity contribution in [2.24, 2.45) is 4.99 Å². The summed E-state index contributed by atoms with van der Waals surface area (Å²) in [5.74, 6) is -0.234. The Morgan fingerprint density at radius 2 is 1.89 bits per heavy atom. The minimum Gasteiger partial charge on any atom is -0.753 e. The van der Waals surface area contributed by atoms with Crippen molar-refractivity contribution < 1.29 is 4.79 Å². The zero-order valence-electron chi connectivity index (χ0n) is 10.9. The second-order valence-electron chi connectivity index (χ2n) is 4.06. The monoisotopic (exact) mass is 291 g/mol. The molecule has 0 N–H and O–H groups in total. The van der Waals surface area contributed by atoms with E-state index in [1.165, 1.54) is 17.4 Å². The van der Waals surface area contributed by atoms with Gasteiger partial charge in [0.25, 0.3) is 5.91 Å². The first-order valence-electron chi connectivity index (χ1n) is 6.18. The van der Waals surface area contributed by atoms with Crippen LogP contribution in [0.4, 0.5) is 5.69 Å². The second kappa shape index (κ2) is 6.21. The molecule has 0 saturated heterocycles. The lowest BCUT2D eigenvalue weighted by molar-refractivity contribution is -0.113. The second-order valence-corrected chi connectivity index (χ2v) is 5.73. The van der Waals surface area contributed by atoms with E-state index in [9.17, 15) is 4.79 Å². The summed E-state index contributed by atoms with van der Waals surface area (Å²) in [5.41, 5.74) is 2.18. The highest BCUT2D eigenvalue weighted by Crippen LogP contribution is 2.28. The predicted molar refractivity (Wildman–Crippen MR) is 85.4 cm³/mol. The van der Waals surface area contributed by atoms with Crippen molar-refractivity contribution in [2.75, 3.05) is 18.0 Å². The quantitative estimate of drug-likeness (QED) is 0.630. The minimum absolute atomic E-state index is 0.234. The van der Waals surface area contributed by atoms with E-state index in [1.807, 2.05) is 18.2 Å². The number of carbonyl (C=O) groups excluding carboxylic acids is 1. The highest BCUT2D eigenvalue weighted by Gasteiger charge is 2.14. The van der Waals surface area contributed by atoms with Gasteiger partial charge in [0.15, 0.2) is 0 Å². The van der Waals surface area contributed by atoms with Crippen LogP contribution in [-0.4, -0.2) is 23.4 Å². The Bertz CT molecular complexity index is 531. The number of thioether (sulfide) groups is 1. The van der Waals surface area contributed by atoms with Crippen molar-refractivity contribution in [3.05, 3.63) is 34.7 Å². The molecule has 0 radical (unpaired) electrons. The number of benzene rings is 1. The van der Waals surface area contributed by atoms with Crippen LogP contribution in [0.15, 0.2) is 34.2 Å². The standard InChI is InChI=1S/C14H16N2OS2/c1-3-16(4-2)11-7-5-10(6-8-11)9-12-13(17)15-14(18)19-12/h5-9H,3-4H2,1-2H3,(H,15,17,18)/p-1/b12-9-. The van der Waals surface area contributed by atoms with Crippen LogP contribution in [0.1, 0.15) is 19.4 Å². The molecular weight excluding hydrogens is 276 g/mol. The Hall–Kier alpha value is -1.33. The van der Waals surface area contributed by atoms with E-state index < -0.39 is 0 Å². The molecule has 0 unspecified atom stereocenters. The zero-order chi connectivity index (χ0) is 13.8. The molecule has 1 aliphatic heterocycles. The van der Waals surface area contributed by atoms with Crippen LogP contribution in [0.3, 0.4) is 0 Å². The number of aliphatic imine (C=N–C) groups is 1. The lowest BCUT2D eigenvalue weighted by Crippen LogP contribution is -2.21. The molecule has 5 heteroatoms. The molecule has 0 aliphatic carbocycles. The van der Waals surface area contributed by atoms with E-state index in [-0.39, 0.29) is 5.91 Å². The van der Waals surface area contributed by atoms with Gasteiger partial charge in [-0.2, -0.15) is 0 Å². The fraction of sp³-hybridized carbons (Fsp3) is 0.286. The van der Waals surface area contributed by atoms with E-state index in [4.69, 9.17) is 12.6 Å². The van der Waals surface area contributed by atoms with Crippen molar-refractivity contribution in [1.29, 1.82) is 0 Å². The Morgan fingerprint density at radius 3 is 2.37 bits per heavy atom. The van der Waals surface area contributed by atoms with Gasteiger partial charge < -0.3 is 17.5 Å². The van der Waals surface area contributed by atoms with E-state index in [0.717, 1.165) is 18.7 Å². The minimum atomic E-state index is -0.234. The molecule has 1 aromatic carbocycles. The molecule has 1 amide bonds. The Morgan fingerprint density at radius 1 is 1.26 bits per heavy atom. The van der Waals surface area contributed by atoms with E-state index in [1.54, 1.807) is 0 Å². The molecule has 0 aromatic heterocycles. The summed E-state index contributed by atoms with van der Waals surface area (Å²) in [6.07, 6.45) is 1.84. The number of nitrogens with zero attached hydrogens (tertiary/aromatic N) is 2. The molecule has 0 spiro atoms. The third-order valence-electron chi connectivity index (χ3n) is 2.92. The van der Waals surface area contributed by atoms with E-state index in [0.29, 0.717) is 9.28 Å². The summed E-state index contributed by atoms with van der Waals surface area (Å²) >= 11 is 6.16. The number of hydrogen-bond acceptors (Lipinski definition) is 4. The molecule has 2 rings (SSSR count). The maximum Gasteiger partial charge on any atom is 0.282 e. The summed E-state index contributed by atoms with van der Waals surface area (Å²) in [7, 11) is 0. The third kappa shape index (κ3) is 3.36. The number of hydrogen-bond donors (Lipinski definition) is 0. The third-order valence-corrected chi connectivity index (χ3v) is 4.04. The summed E-state index contributed by atoms with van der Waals surface area (Å²) in [6.45, 7) is 6.24. The topological polar surface area (TPSA) is 32.7 Å². The highest BCUT2D eigenvalue weighted by atomic mass is 32.2. The Balaban J connectivity index is 2.16. The van der Waals surface area contributed by atoms with Gasteiger partial charge in [-0.25, -0.2) is 4.99 Å². The molecule has 0 atom stereocenters. The molecule has 0 bridgehead atoms. The van der Waals surface area contributed by atoms with E-state index in [2.05, 4.69) is 35.9 Å². The van der Waals surface area contributed by atoms with Gasteiger partial charge in [-0.3, -0.25) is 4.79 Å². The summed E-state index contributed by atoms with van der Waals surface area (Å²) in [6, 6.07) is 8.16. The van der Waals surface area contributed by atoms with Gasteiger partial charge in [-0.1, -0.05) is 23.9 Å². The average Bonchev–Trinajstić information content (AvgIpc) is 2.71. The maximum absolute atomic E-state index is 11.5. The van der Waals surface area contributed by atoms with Crippen molar-refractivity contribution in [3.63, 3.8) is 0 Å². The van der Waals surface area contributed by atoms with Gasteiger partial charge in [-0.15, -0.1) is 0 Å². The first-order valence-corrected chi connectivity index (χ1v) is 7.41. The zero-order valence-corrected chi connectivity index (χ0v) is 12.6. The first-order chi connectivity index (χ1) is 9.13. The van der Waals surface area contributed by atoms with Crippen LogP contribution in [0.25, 0.3) is 6.08 Å². The lowest BCUT2D eigenvalue weighted by Gasteiger charge is -2.20. The molecule has 0 saturated carbocycles. The number of carbonyl (C=O) groups is 1. The molecule has 1 aromatic rings. The van der Waals surface area contributed by atoms with Crippen molar-refractivity contribution >= 4 is 46.4 Å². The molecule has 100 valence electrons. The van der Waals surface area contributed by atoms with Crippen molar-refractivity contribution in [3.8, 4) is 0 Å². The molecule has 1 aliphatic rings. The SMILES string of the molecule is CCN(CC)c1ccc(/C=C2\SC([S-])=NC2=O)cc1.